The molecule has 0 heterocycles. The third-order valence-electron chi connectivity index (χ3n) is 4.40. The van der Waals surface area contributed by atoms with E-state index in [0.29, 0.717) is 5.75 Å². The molecule has 29 heavy (non-hydrogen) atoms. The number of carbonyl (C=O) groups excluding carboxylic acids is 1. The minimum absolute atomic E-state index is 0.267. The quantitative estimate of drug-likeness (QED) is 0.282. The molecule has 2 nitrogen and oxygen atoms in total. The summed E-state index contributed by atoms with van der Waals surface area (Å²) in [7, 11) is 0. The Morgan fingerprint density at radius 3 is 2.24 bits per heavy atom. The van der Waals surface area contributed by atoms with Crippen molar-refractivity contribution in [1.82, 2.24) is 0 Å². The first-order valence-electron chi connectivity index (χ1n) is 8.97. The lowest BCUT2D eigenvalue weighted by Crippen LogP contribution is -2.05. The topological polar surface area (TPSA) is 26.3 Å². The van der Waals surface area contributed by atoms with Gasteiger partial charge in [-0.2, -0.15) is 13.2 Å². The van der Waals surface area contributed by atoms with Crippen LogP contribution in [0.1, 0.15) is 22.3 Å². The van der Waals surface area contributed by atoms with Crippen molar-refractivity contribution in [3.05, 3.63) is 95.1 Å². The lowest BCUT2D eigenvalue weighted by atomic mass is 10.0. The summed E-state index contributed by atoms with van der Waals surface area (Å²) in [5.41, 5.74) is 3.51. The molecule has 3 aromatic rings. The maximum Gasteiger partial charge on any atom is 0.416 e. The molecule has 3 rings (SSSR count). The second-order valence-electron chi connectivity index (χ2n) is 6.72. The molecule has 0 amide bonds. The number of hydrogen-bond acceptors (Lipinski definition) is 2. The Hall–Kier alpha value is -3.34. The minimum atomic E-state index is -4.43. The molecular formula is C24H19F3O2. The molecule has 0 spiro atoms. The summed E-state index contributed by atoms with van der Waals surface area (Å²) in [5.74, 6) is -0.256. The lowest BCUT2D eigenvalue weighted by Gasteiger charge is -2.09. The number of rotatable bonds is 4. The number of carbonyl (C=O) groups is 1. The van der Waals surface area contributed by atoms with Crippen LogP contribution in [0.4, 0.5) is 13.2 Å². The smallest absolute Gasteiger partial charge is 0.416 e. The van der Waals surface area contributed by atoms with E-state index >= 15 is 0 Å². The standard InChI is InChI=1S/C24H19F3O2/c1-16-6-9-19(10-7-16)20-11-12-22(17(2)14-20)29-23(28)13-8-18-4-3-5-21(15-18)24(25,26)27/h3-15H,1-2H3. The molecule has 0 aliphatic carbocycles. The van der Waals surface area contributed by atoms with E-state index in [1.54, 1.807) is 6.07 Å². The zero-order chi connectivity index (χ0) is 21.0. The van der Waals surface area contributed by atoms with E-state index in [2.05, 4.69) is 0 Å². The van der Waals surface area contributed by atoms with Gasteiger partial charge in [-0.15, -0.1) is 0 Å². The van der Waals surface area contributed by atoms with Gasteiger partial charge in [-0.3, -0.25) is 0 Å². The molecule has 0 atom stereocenters. The Morgan fingerprint density at radius 2 is 1.59 bits per heavy atom. The summed E-state index contributed by atoms with van der Waals surface area (Å²) in [4.78, 5) is 12.1. The van der Waals surface area contributed by atoms with Crippen molar-refractivity contribution in [1.29, 1.82) is 0 Å². The van der Waals surface area contributed by atoms with Gasteiger partial charge in [0.2, 0.25) is 0 Å². The molecular weight excluding hydrogens is 377 g/mol. The number of hydrogen-bond donors (Lipinski definition) is 0. The number of esters is 1. The second kappa shape index (κ2) is 8.35. The fourth-order valence-corrected chi connectivity index (χ4v) is 2.81. The largest absolute Gasteiger partial charge is 0.423 e. The Balaban J connectivity index is 1.71. The van der Waals surface area contributed by atoms with Crippen LogP contribution >= 0.6 is 0 Å². The summed E-state index contributed by atoms with van der Waals surface area (Å²) in [6.07, 6.45) is -2.02. The van der Waals surface area contributed by atoms with E-state index in [4.69, 9.17) is 4.74 Å². The van der Waals surface area contributed by atoms with E-state index in [9.17, 15) is 18.0 Å². The fourth-order valence-electron chi connectivity index (χ4n) is 2.81. The van der Waals surface area contributed by atoms with Crippen LogP contribution in [-0.4, -0.2) is 5.97 Å². The van der Waals surface area contributed by atoms with Crippen LogP contribution in [0.2, 0.25) is 0 Å². The first-order valence-corrected chi connectivity index (χ1v) is 8.97. The van der Waals surface area contributed by atoms with Gasteiger partial charge in [0.1, 0.15) is 5.75 Å². The maximum absolute atomic E-state index is 12.8. The number of alkyl halides is 3. The fraction of sp³-hybridized carbons (Fsp3) is 0.125. The second-order valence-corrected chi connectivity index (χ2v) is 6.72. The SMILES string of the molecule is Cc1ccc(-c2ccc(OC(=O)C=Cc3cccc(C(F)(F)F)c3)c(C)c2)cc1. The summed E-state index contributed by atoms with van der Waals surface area (Å²) >= 11 is 0. The maximum atomic E-state index is 12.8. The molecule has 0 saturated carbocycles. The van der Waals surface area contributed by atoms with Crippen LogP contribution < -0.4 is 4.74 Å². The number of benzene rings is 3. The van der Waals surface area contributed by atoms with E-state index in [-0.39, 0.29) is 5.56 Å². The van der Waals surface area contributed by atoms with Crippen molar-refractivity contribution in [3.8, 4) is 16.9 Å². The van der Waals surface area contributed by atoms with Crippen LogP contribution in [0.25, 0.3) is 17.2 Å². The van der Waals surface area contributed by atoms with Crippen molar-refractivity contribution >= 4 is 12.0 Å². The summed E-state index contributed by atoms with van der Waals surface area (Å²) in [6.45, 7) is 3.85. The predicted molar refractivity (Wildman–Crippen MR) is 107 cm³/mol. The van der Waals surface area contributed by atoms with Gasteiger partial charge in [0.15, 0.2) is 0 Å². The Morgan fingerprint density at radius 1 is 0.897 bits per heavy atom. The molecule has 0 bridgehead atoms. The van der Waals surface area contributed by atoms with Crippen LogP contribution in [0.5, 0.6) is 5.75 Å². The molecule has 0 fully saturated rings. The Kier molecular flexibility index (Phi) is 5.87. The minimum Gasteiger partial charge on any atom is -0.423 e. The first-order chi connectivity index (χ1) is 13.7. The average Bonchev–Trinajstić information content (AvgIpc) is 2.68. The van der Waals surface area contributed by atoms with E-state index in [1.807, 2.05) is 50.2 Å². The van der Waals surface area contributed by atoms with Gasteiger partial charge in [-0.05, 0) is 66.4 Å². The third kappa shape index (κ3) is 5.35. The van der Waals surface area contributed by atoms with Crippen LogP contribution in [0.3, 0.4) is 0 Å². The number of aryl methyl sites for hydroxylation is 2. The van der Waals surface area contributed by atoms with Gasteiger partial charge in [-0.25, -0.2) is 4.79 Å². The first kappa shape index (κ1) is 20.4. The highest BCUT2D eigenvalue weighted by atomic mass is 19.4. The monoisotopic (exact) mass is 396 g/mol. The molecule has 5 heteroatoms. The predicted octanol–water partition coefficient (Wildman–Crippen LogP) is 6.61. The van der Waals surface area contributed by atoms with Gasteiger partial charge in [-0.1, -0.05) is 48.0 Å². The van der Waals surface area contributed by atoms with Crippen molar-refractivity contribution in [2.24, 2.45) is 0 Å². The number of ether oxygens (including phenoxy) is 1. The Bertz CT molecular complexity index is 1050. The molecule has 3 aromatic carbocycles. The van der Waals surface area contributed by atoms with Crippen molar-refractivity contribution < 1.29 is 22.7 Å². The van der Waals surface area contributed by atoms with Crippen molar-refractivity contribution in [2.75, 3.05) is 0 Å². The molecule has 0 saturated heterocycles. The highest BCUT2D eigenvalue weighted by Crippen LogP contribution is 2.30. The van der Waals surface area contributed by atoms with Gasteiger partial charge in [0.05, 0.1) is 5.56 Å². The van der Waals surface area contributed by atoms with Gasteiger partial charge in [0.25, 0.3) is 0 Å². The van der Waals surface area contributed by atoms with Crippen molar-refractivity contribution in [2.45, 2.75) is 20.0 Å². The lowest BCUT2D eigenvalue weighted by molar-refractivity contribution is -0.137. The molecule has 0 aromatic heterocycles. The summed E-state index contributed by atoms with van der Waals surface area (Å²) < 4.78 is 43.6. The molecule has 0 aliphatic rings. The van der Waals surface area contributed by atoms with Gasteiger partial charge < -0.3 is 4.74 Å². The molecule has 0 N–H and O–H groups in total. The van der Waals surface area contributed by atoms with E-state index in [1.165, 1.54) is 23.8 Å². The van der Waals surface area contributed by atoms with Gasteiger partial charge in [0, 0.05) is 6.08 Å². The van der Waals surface area contributed by atoms with Crippen LogP contribution in [0.15, 0.2) is 72.8 Å². The van der Waals surface area contributed by atoms with Crippen LogP contribution in [0, 0.1) is 13.8 Å². The summed E-state index contributed by atoms with van der Waals surface area (Å²) in [5, 5.41) is 0. The molecule has 148 valence electrons. The van der Waals surface area contributed by atoms with Crippen molar-refractivity contribution in [3.63, 3.8) is 0 Å². The van der Waals surface area contributed by atoms with Gasteiger partial charge >= 0.3 is 12.1 Å². The van der Waals surface area contributed by atoms with E-state index in [0.717, 1.165) is 34.9 Å². The molecule has 0 unspecified atom stereocenters. The Labute approximate surface area is 167 Å². The zero-order valence-corrected chi connectivity index (χ0v) is 16.0. The summed E-state index contributed by atoms with van der Waals surface area (Å²) in [6, 6.07) is 18.3. The van der Waals surface area contributed by atoms with Crippen LogP contribution in [-0.2, 0) is 11.0 Å². The average molecular weight is 396 g/mol. The highest BCUT2D eigenvalue weighted by molar-refractivity contribution is 5.89. The zero-order valence-electron chi connectivity index (χ0n) is 16.0. The molecule has 0 radical (unpaired) electrons. The number of halogens is 3. The normalized spacial score (nSPS) is 11.6. The third-order valence-corrected chi connectivity index (χ3v) is 4.40. The van der Waals surface area contributed by atoms with E-state index < -0.39 is 17.7 Å². The highest BCUT2D eigenvalue weighted by Gasteiger charge is 2.30. The molecule has 0 aliphatic heterocycles.